The highest BCUT2D eigenvalue weighted by Crippen LogP contribution is 2.29. The van der Waals surface area contributed by atoms with Crippen LogP contribution in [0.1, 0.15) is 51.5 Å². The maximum atomic E-state index is 6.04. The number of aliphatic imine (C=N–C) groups is 1. The zero-order chi connectivity index (χ0) is 16.2. The summed E-state index contributed by atoms with van der Waals surface area (Å²) in [6.45, 7) is 11.7. The van der Waals surface area contributed by atoms with Crippen LogP contribution in [0.15, 0.2) is 22.5 Å². The highest BCUT2D eigenvalue weighted by atomic mass is 127. The minimum atomic E-state index is -0.0490. The van der Waals surface area contributed by atoms with Gasteiger partial charge in [-0.1, -0.05) is 13.0 Å². The SMILES string of the molecule is CC1CCN(C(CN=C(N)NC(C)(C)C)c2cccs2)CC1.I. The third kappa shape index (κ3) is 6.97. The fourth-order valence-electron chi connectivity index (χ4n) is 2.82. The summed E-state index contributed by atoms with van der Waals surface area (Å²) in [6.07, 6.45) is 2.56. The number of nitrogens with zero attached hydrogens (tertiary/aromatic N) is 2. The number of piperidine rings is 1. The van der Waals surface area contributed by atoms with Crippen LogP contribution in [-0.2, 0) is 0 Å². The Morgan fingerprint density at radius 2 is 2.09 bits per heavy atom. The molecule has 1 aliphatic heterocycles. The van der Waals surface area contributed by atoms with Crippen molar-refractivity contribution in [1.29, 1.82) is 0 Å². The molecule has 0 bridgehead atoms. The van der Waals surface area contributed by atoms with Crippen LogP contribution in [-0.4, -0.2) is 36.0 Å². The first-order valence-corrected chi connectivity index (χ1v) is 9.08. The molecule has 2 heterocycles. The van der Waals surface area contributed by atoms with Gasteiger partial charge in [-0.25, -0.2) is 0 Å². The first-order chi connectivity index (χ1) is 10.3. The highest BCUT2D eigenvalue weighted by Gasteiger charge is 2.25. The van der Waals surface area contributed by atoms with Crippen LogP contribution in [0.5, 0.6) is 0 Å². The van der Waals surface area contributed by atoms with Crippen LogP contribution in [0.3, 0.4) is 0 Å². The molecule has 1 aliphatic rings. The number of hydrogen-bond donors (Lipinski definition) is 2. The largest absolute Gasteiger partial charge is 0.370 e. The molecule has 1 fully saturated rings. The van der Waals surface area contributed by atoms with Crippen molar-refractivity contribution in [3.63, 3.8) is 0 Å². The van der Waals surface area contributed by atoms with Gasteiger partial charge in [-0.15, -0.1) is 35.3 Å². The van der Waals surface area contributed by atoms with E-state index in [4.69, 9.17) is 5.73 Å². The Bertz CT molecular complexity index is 473. The third-order valence-electron chi connectivity index (χ3n) is 4.07. The number of nitrogens with one attached hydrogen (secondary N) is 1. The monoisotopic (exact) mass is 450 g/mol. The van der Waals surface area contributed by atoms with Gasteiger partial charge in [0.2, 0.25) is 0 Å². The summed E-state index contributed by atoms with van der Waals surface area (Å²) in [5, 5.41) is 5.39. The zero-order valence-electron chi connectivity index (χ0n) is 14.7. The Hall–Kier alpha value is -0.340. The van der Waals surface area contributed by atoms with Crippen molar-refractivity contribution in [1.82, 2.24) is 10.2 Å². The van der Waals surface area contributed by atoms with Crippen LogP contribution >= 0.6 is 35.3 Å². The standard InChI is InChI=1S/C17H30N4S.HI/c1-13-7-9-21(10-8-13)14(15-6-5-11-22-15)12-19-16(18)20-17(2,3)4;/h5-6,11,13-14H,7-10,12H2,1-4H3,(H3,18,19,20);1H. The van der Waals surface area contributed by atoms with E-state index in [2.05, 4.69) is 60.4 Å². The van der Waals surface area contributed by atoms with Gasteiger partial charge in [-0.3, -0.25) is 9.89 Å². The minimum Gasteiger partial charge on any atom is -0.370 e. The second-order valence-corrected chi connectivity index (χ2v) is 8.33. The molecule has 1 aromatic rings. The predicted octanol–water partition coefficient (Wildman–Crippen LogP) is 3.84. The molecule has 3 N–H and O–H groups in total. The molecule has 0 aliphatic carbocycles. The molecular formula is C17H31IN4S. The van der Waals surface area contributed by atoms with Gasteiger partial charge in [0, 0.05) is 10.4 Å². The molecule has 2 rings (SSSR count). The van der Waals surface area contributed by atoms with Gasteiger partial charge in [0.25, 0.3) is 0 Å². The van der Waals surface area contributed by atoms with Crippen LogP contribution < -0.4 is 11.1 Å². The molecule has 0 aromatic carbocycles. The number of hydrogen-bond acceptors (Lipinski definition) is 3. The van der Waals surface area contributed by atoms with Gasteiger partial charge in [-0.2, -0.15) is 0 Å². The Balaban J connectivity index is 0.00000264. The lowest BCUT2D eigenvalue weighted by Gasteiger charge is -2.35. The van der Waals surface area contributed by atoms with Crippen LogP contribution in [0.2, 0.25) is 0 Å². The molecular weight excluding hydrogens is 419 g/mol. The van der Waals surface area contributed by atoms with Crippen molar-refractivity contribution in [2.75, 3.05) is 19.6 Å². The van der Waals surface area contributed by atoms with Gasteiger partial charge in [-0.05, 0) is 64.1 Å². The van der Waals surface area contributed by atoms with Gasteiger partial charge < -0.3 is 11.1 Å². The van der Waals surface area contributed by atoms with Crippen LogP contribution in [0.25, 0.3) is 0 Å². The van der Waals surface area contributed by atoms with E-state index in [1.807, 2.05) is 11.3 Å². The molecule has 23 heavy (non-hydrogen) atoms. The van der Waals surface area contributed by atoms with E-state index in [0.29, 0.717) is 12.0 Å². The molecule has 6 heteroatoms. The molecule has 132 valence electrons. The molecule has 0 spiro atoms. The topological polar surface area (TPSA) is 53.6 Å². The summed E-state index contributed by atoms with van der Waals surface area (Å²) >= 11 is 1.82. The first-order valence-electron chi connectivity index (χ1n) is 8.21. The quantitative estimate of drug-likeness (QED) is 0.417. The van der Waals surface area contributed by atoms with Crippen molar-refractivity contribution in [3.05, 3.63) is 22.4 Å². The molecule has 4 nitrogen and oxygen atoms in total. The second-order valence-electron chi connectivity index (χ2n) is 7.35. The fourth-order valence-corrected chi connectivity index (χ4v) is 3.67. The zero-order valence-corrected chi connectivity index (χ0v) is 17.9. The van der Waals surface area contributed by atoms with Crippen molar-refractivity contribution in [2.45, 2.75) is 52.1 Å². The smallest absolute Gasteiger partial charge is 0.189 e. The molecule has 1 atom stereocenters. The molecule has 0 saturated carbocycles. The van der Waals surface area contributed by atoms with Crippen LogP contribution in [0.4, 0.5) is 0 Å². The molecule has 1 saturated heterocycles. The van der Waals surface area contributed by atoms with E-state index < -0.39 is 0 Å². The third-order valence-corrected chi connectivity index (χ3v) is 5.04. The van der Waals surface area contributed by atoms with Gasteiger partial charge in [0.15, 0.2) is 5.96 Å². The number of rotatable bonds is 4. The highest BCUT2D eigenvalue weighted by molar-refractivity contribution is 14.0. The van der Waals surface area contributed by atoms with Crippen LogP contribution in [0, 0.1) is 5.92 Å². The lowest BCUT2D eigenvalue weighted by Crippen LogP contribution is -2.45. The van der Waals surface area contributed by atoms with E-state index in [0.717, 1.165) is 25.6 Å². The van der Waals surface area contributed by atoms with Gasteiger partial charge in [0.1, 0.15) is 0 Å². The first kappa shape index (κ1) is 20.7. The van der Waals surface area contributed by atoms with E-state index >= 15 is 0 Å². The number of thiophene rings is 1. The summed E-state index contributed by atoms with van der Waals surface area (Å²) in [6, 6.07) is 4.70. The van der Waals surface area contributed by atoms with Crippen molar-refractivity contribution < 1.29 is 0 Å². The average molecular weight is 450 g/mol. The lowest BCUT2D eigenvalue weighted by atomic mass is 9.97. The summed E-state index contributed by atoms with van der Waals surface area (Å²) < 4.78 is 0. The summed E-state index contributed by atoms with van der Waals surface area (Å²) in [5.41, 5.74) is 5.99. The summed E-state index contributed by atoms with van der Waals surface area (Å²) in [5.74, 6) is 1.38. The van der Waals surface area contributed by atoms with Gasteiger partial charge >= 0.3 is 0 Å². The van der Waals surface area contributed by atoms with Gasteiger partial charge in [0.05, 0.1) is 12.6 Å². The second kappa shape index (κ2) is 9.22. The van der Waals surface area contributed by atoms with Crippen molar-refractivity contribution in [3.8, 4) is 0 Å². The Kier molecular flexibility index (Phi) is 8.30. The molecule has 0 radical (unpaired) electrons. The maximum Gasteiger partial charge on any atom is 0.189 e. The minimum absolute atomic E-state index is 0. The summed E-state index contributed by atoms with van der Waals surface area (Å²) in [7, 11) is 0. The molecule has 1 aromatic heterocycles. The molecule has 0 amide bonds. The van der Waals surface area contributed by atoms with E-state index in [1.54, 1.807) is 0 Å². The number of nitrogens with two attached hydrogens (primary N) is 1. The van der Waals surface area contributed by atoms with Crippen molar-refractivity contribution in [2.24, 2.45) is 16.6 Å². The van der Waals surface area contributed by atoms with E-state index in [1.165, 1.54) is 17.7 Å². The van der Waals surface area contributed by atoms with E-state index in [-0.39, 0.29) is 29.5 Å². The summed E-state index contributed by atoms with van der Waals surface area (Å²) in [4.78, 5) is 8.57. The fraction of sp³-hybridized carbons (Fsp3) is 0.706. The number of guanidine groups is 1. The van der Waals surface area contributed by atoms with Crippen molar-refractivity contribution >= 4 is 41.3 Å². The normalized spacial score (nSPS) is 19.2. The number of halogens is 1. The Morgan fingerprint density at radius 3 is 2.61 bits per heavy atom. The predicted molar refractivity (Wildman–Crippen MR) is 112 cm³/mol. The Labute approximate surface area is 161 Å². The average Bonchev–Trinajstić information content (AvgIpc) is 2.93. The number of likely N-dealkylation sites (tertiary alicyclic amines) is 1. The lowest BCUT2D eigenvalue weighted by molar-refractivity contribution is 0.143. The van der Waals surface area contributed by atoms with E-state index in [9.17, 15) is 0 Å². The molecule has 1 unspecified atom stereocenters. The Morgan fingerprint density at radius 1 is 1.43 bits per heavy atom. The maximum absolute atomic E-state index is 6.04.